The van der Waals surface area contributed by atoms with Crippen molar-refractivity contribution in [1.29, 1.82) is 0 Å². The maximum absolute atomic E-state index is 12.8. The summed E-state index contributed by atoms with van der Waals surface area (Å²) in [5.41, 5.74) is 6.08. The summed E-state index contributed by atoms with van der Waals surface area (Å²) in [6.07, 6.45) is 0. The average molecular weight is 370 g/mol. The van der Waals surface area contributed by atoms with Gasteiger partial charge in [-0.05, 0) is 29.8 Å². The van der Waals surface area contributed by atoms with Gasteiger partial charge in [0.1, 0.15) is 0 Å². The highest BCUT2D eigenvalue weighted by Crippen LogP contribution is 2.22. The number of benzene rings is 2. The molecule has 2 N–H and O–H groups in total. The predicted molar refractivity (Wildman–Crippen MR) is 91.2 cm³/mol. The highest BCUT2D eigenvalue weighted by Gasteiger charge is 2.24. The SMILES string of the molecule is NCCN(Cc1cccc(Cl)c1)S(=O)(=O)c1ccc([N+](=O)[O-])cc1. The molecule has 0 aromatic heterocycles. The van der Waals surface area contributed by atoms with Gasteiger partial charge in [0.2, 0.25) is 10.0 Å². The summed E-state index contributed by atoms with van der Waals surface area (Å²) in [6.45, 7) is 0.371. The molecule has 0 bridgehead atoms. The van der Waals surface area contributed by atoms with Gasteiger partial charge in [-0.25, -0.2) is 8.42 Å². The minimum atomic E-state index is -3.83. The van der Waals surface area contributed by atoms with Crippen LogP contribution in [0.25, 0.3) is 0 Å². The number of hydrogen-bond donors (Lipinski definition) is 1. The molecular weight excluding hydrogens is 354 g/mol. The van der Waals surface area contributed by atoms with Gasteiger partial charge in [-0.2, -0.15) is 4.31 Å². The molecule has 0 heterocycles. The molecule has 0 spiro atoms. The number of nitrogens with two attached hydrogens (primary N) is 1. The fourth-order valence-corrected chi connectivity index (χ4v) is 3.81. The maximum atomic E-state index is 12.8. The Hall–Kier alpha value is -2.00. The fourth-order valence-electron chi connectivity index (χ4n) is 2.16. The Balaban J connectivity index is 2.32. The number of nitro benzene ring substituents is 1. The van der Waals surface area contributed by atoms with Crippen molar-refractivity contribution in [3.05, 3.63) is 69.2 Å². The molecule has 0 aliphatic rings. The monoisotopic (exact) mass is 369 g/mol. The lowest BCUT2D eigenvalue weighted by molar-refractivity contribution is -0.384. The van der Waals surface area contributed by atoms with E-state index in [9.17, 15) is 18.5 Å². The molecule has 2 rings (SSSR count). The number of rotatable bonds is 7. The van der Waals surface area contributed by atoms with Crippen molar-refractivity contribution in [3.8, 4) is 0 Å². The third-order valence-electron chi connectivity index (χ3n) is 3.31. The Labute approximate surface area is 144 Å². The second-order valence-corrected chi connectivity index (χ2v) is 7.38. The van der Waals surface area contributed by atoms with Crippen molar-refractivity contribution in [2.24, 2.45) is 5.73 Å². The number of nitro groups is 1. The highest BCUT2D eigenvalue weighted by atomic mass is 35.5. The van der Waals surface area contributed by atoms with E-state index in [1.165, 1.54) is 16.4 Å². The average Bonchev–Trinajstić information content (AvgIpc) is 2.54. The zero-order valence-electron chi connectivity index (χ0n) is 12.6. The van der Waals surface area contributed by atoms with E-state index < -0.39 is 14.9 Å². The molecule has 2 aromatic rings. The van der Waals surface area contributed by atoms with E-state index in [0.717, 1.165) is 17.7 Å². The van der Waals surface area contributed by atoms with Gasteiger partial charge in [0.15, 0.2) is 0 Å². The lowest BCUT2D eigenvalue weighted by atomic mass is 10.2. The minimum Gasteiger partial charge on any atom is -0.329 e. The van der Waals surface area contributed by atoms with Crippen molar-refractivity contribution in [2.75, 3.05) is 13.1 Å². The molecule has 0 saturated carbocycles. The van der Waals surface area contributed by atoms with Crippen LogP contribution in [-0.4, -0.2) is 30.7 Å². The molecule has 24 heavy (non-hydrogen) atoms. The van der Waals surface area contributed by atoms with E-state index in [1.807, 2.05) is 0 Å². The molecule has 128 valence electrons. The first-order valence-electron chi connectivity index (χ1n) is 7.03. The van der Waals surface area contributed by atoms with Crippen molar-refractivity contribution in [2.45, 2.75) is 11.4 Å². The van der Waals surface area contributed by atoms with Gasteiger partial charge in [0, 0.05) is 36.8 Å². The van der Waals surface area contributed by atoms with Crippen LogP contribution in [-0.2, 0) is 16.6 Å². The Bertz CT molecular complexity index is 825. The lowest BCUT2D eigenvalue weighted by Crippen LogP contribution is -2.34. The van der Waals surface area contributed by atoms with E-state index in [4.69, 9.17) is 17.3 Å². The summed E-state index contributed by atoms with van der Waals surface area (Å²) in [7, 11) is -3.83. The summed E-state index contributed by atoms with van der Waals surface area (Å²) < 4.78 is 26.7. The zero-order chi connectivity index (χ0) is 17.7. The van der Waals surface area contributed by atoms with Crippen LogP contribution in [0.5, 0.6) is 0 Å². The highest BCUT2D eigenvalue weighted by molar-refractivity contribution is 7.89. The number of sulfonamides is 1. The first-order chi connectivity index (χ1) is 11.3. The molecular formula is C15H16ClN3O4S. The van der Waals surface area contributed by atoms with Crippen molar-refractivity contribution in [3.63, 3.8) is 0 Å². The van der Waals surface area contributed by atoms with Crippen LogP contribution in [0.2, 0.25) is 5.02 Å². The van der Waals surface area contributed by atoms with Gasteiger partial charge in [-0.1, -0.05) is 23.7 Å². The van der Waals surface area contributed by atoms with E-state index in [2.05, 4.69) is 0 Å². The quantitative estimate of drug-likeness (QED) is 0.595. The van der Waals surface area contributed by atoms with Gasteiger partial charge >= 0.3 is 0 Å². The molecule has 0 radical (unpaired) electrons. The maximum Gasteiger partial charge on any atom is 0.269 e. The number of nitrogens with zero attached hydrogens (tertiary/aromatic N) is 2. The predicted octanol–water partition coefficient (Wildman–Crippen LogP) is 2.40. The van der Waals surface area contributed by atoms with Gasteiger partial charge in [-0.15, -0.1) is 0 Å². The summed E-state index contributed by atoms with van der Waals surface area (Å²) in [6, 6.07) is 11.6. The normalized spacial score (nSPS) is 11.6. The molecule has 0 fully saturated rings. The Morgan fingerprint density at radius 3 is 2.38 bits per heavy atom. The largest absolute Gasteiger partial charge is 0.329 e. The van der Waals surface area contributed by atoms with Gasteiger partial charge in [0.05, 0.1) is 9.82 Å². The van der Waals surface area contributed by atoms with Gasteiger partial charge < -0.3 is 5.73 Å². The van der Waals surface area contributed by atoms with E-state index in [0.29, 0.717) is 5.02 Å². The minimum absolute atomic E-state index is 0.0245. The number of non-ortho nitro benzene ring substituents is 1. The first kappa shape index (κ1) is 18.3. The van der Waals surface area contributed by atoms with E-state index in [1.54, 1.807) is 24.3 Å². The number of hydrogen-bond acceptors (Lipinski definition) is 5. The van der Waals surface area contributed by atoms with Crippen LogP contribution in [0.1, 0.15) is 5.56 Å². The Morgan fingerprint density at radius 2 is 1.83 bits per heavy atom. The topological polar surface area (TPSA) is 107 Å². The molecule has 2 aromatic carbocycles. The van der Waals surface area contributed by atoms with E-state index >= 15 is 0 Å². The Morgan fingerprint density at radius 1 is 1.17 bits per heavy atom. The van der Waals surface area contributed by atoms with Crippen LogP contribution in [0.15, 0.2) is 53.4 Å². The molecule has 0 amide bonds. The van der Waals surface area contributed by atoms with Crippen LogP contribution in [0.3, 0.4) is 0 Å². The zero-order valence-corrected chi connectivity index (χ0v) is 14.2. The molecule has 0 atom stereocenters. The van der Waals surface area contributed by atoms with Gasteiger partial charge in [-0.3, -0.25) is 10.1 Å². The molecule has 0 saturated heterocycles. The molecule has 0 aliphatic carbocycles. The summed E-state index contributed by atoms with van der Waals surface area (Å²) >= 11 is 5.93. The molecule has 0 unspecified atom stereocenters. The van der Waals surface area contributed by atoms with Crippen LogP contribution >= 0.6 is 11.6 Å². The summed E-state index contributed by atoms with van der Waals surface area (Å²) in [4.78, 5) is 10.1. The van der Waals surface area contributed by atoms with Crippen molar-refractivity contribution < 1.29 is 13.3 Å². The number of halogens is 1. The molecule has 7 nitrogen and oxygen atoms in total. The second-order valence-electron chi connectivity index (χ2n) is 5.01. The first-order valence-corrected chi connectivity index (χ1v) is 8.85. The van der Waals surface area contributed by atoms with Crippen LogP contribution < -0.4 is 5.73 Å². The fraction of sp³-hybridized carbons (Fsp3) is 0.200. The second kappa shape index (κ2) is 7.71. The summed E-state index contributed by atoms with van der Waals surface area (Å²) in [5, 5.41) is 11.2. The van der Waals surface area contributed by atoms with Crippen LogP contribution in [0, 0.1) is 10.1 Å². The smallest absolute Gasteiger partial charge is 0.269 e. The van der Waals surface area contributed by atoms with E-state index in [-0.39, 0.29) is 30.2 Å². The third kappa shape index (κ3) is 4.30. The van der Waals surface area contributed by atoms with Crippen molar-refractivity contribution in [1.82, 2.24) is 4.31 Å². The third-order valence-corrected chi connectivity index (χ3v) is 5.41. The van der Waals surface area contributed by atoms with Crippen LogP contribution in [0.4, 0.5) is 5.69 Å². The summed E-state index contributed by atoms with van der Waals surface area (Å²) in [5.74, 6) is 0. The van der Waals surface area contributed by atoms with Gasteiger partial charge in [0.25, 0.3) is 5.69 Å². The molecule has 0 aliphatic heterocycles. The Kier molecular flexibility index (Phi) is 5.89. The lowest BCUT2D eigenvalue weighted by Gasteiger charge is -2.21. The molecule has 9 heteroatoms. The standard InChI is InChI=1S/C15H16ClN3O4S/c16-13-3-1-2-12(10-13)11-18(9-8-17)24(22,23)15-6-4-14(5-7-15)19(20)21/h1-7,10H,8-9,11,17H2. The van der Waals surface area contributed by atoms with Crippen molar-refractivity contribution >= 4 is 27.3 Å².